The highest BCUT2D eigenvalue weighted by molar-refractivity contribution is 5.83. The SMILES string of the molecule is CNC(CC(C(=O)N1CCCC1c1cncc(N2CCCc3ccccc32)c1)C1CCCCC1)C(N)=O. The molecule has 2 aromatic rings. The fourth-order valence-corrected chi connectivity index (χ4v) is 6.83. The Balaban J connectivity index is 1.40. The molecular weight excluding hydrogens is 462 g/mol. The van der Waals surface area contributed by atoms with Gasteiger partial charge in [0.05, 0.1) is 24.0 Å². The molecule has 2 fully saturated rings. The molecule has 3 atom stereocenters. The van der Waals surface area contributed by atoms with Gasteiger partial charge in [0.15, 0.2) is 0 Å². The minimum absolute atomic E-state index is 0.0210. The van der Waals surface area contributed by atoms with E-state index in [1.165, 1.54) is 17.7 Å². The quantitative estimate of drug-likeness (QED) is 0.554. The highest BCUT2D eigenvalue weighted by atomic mass is 16.2. The van der Waals surface area contributed by atoms with Crippen molar-refractivity contribution in [3.05, 3.63) is 53.9 Å². The van der Waals surface area contributed by atoms with Crippen LogP contribution < -0.4 is 16.0 Å². The third-order valence-electron chi connectivity index (χ3n) is 8.81. The number of fused-ring (bicyclic) bond motifs is 1. The standard InChI is InChI=1S/C30H41N5O2/c1-32-26(29(31)36)18-25(21-9-3-2-4-10-21)30(37)35-16-8-14-28(35)23-17-24(20-33-19-23)34-15-7-12-22-11-5-6-13-27(22)34/h5-6,11,13,17,19-21,25-26,28,32H,2-4,7-10,12,14-16,18H2,1H3,(H2,31,36). The molecule has 7 heteroatoms. The Hall–Kier alpha value is -2.93. The highest BCUT2D eigenvalue weighted by Gasteiger charge is 2.39. The maximum absolute atomic E-state index is 14.2. The number of carbonyl (C=O) groups excluding carboxylic acids is 2. The van der Waals surface area contributed by atoms with Gasteiger partial charge >= 0.3 is 0 Å². The lowest BCUT2D eigenvalue weighted by Crippen LogP contribution is -2.46. The number of nitrogens with one attached hydrogen (secondary N) is 1. The number of aryl methyl sites for hydroxylation is 1. The minimum atomic E-state index is -0.485. The van der Waals surface area contributed by atoms with Crippen molar-refractivity contribution < 1.29 is 9.59 Å². The summed E-state index contributed by atoms with van der Waals surface area (Å²) in [5.41, 5.74) is 10.5. The second kappa shape index (κ2) is 11.6. The lowest BCUT2D eigenvalue weighted by atomic mass is 9.76. The second-order valence-corrected chi connectivity index (χ2v) is 11.0. The number of nitrogens with zero attached hydrogens (tertiary/aromatic N) is 3. The number of hydrogen-bond donors (Lipinski definition) is 2. The number of rotatable bonds is 8. The number of benzene rings is 1. The first-order valence-corrected chi connectivity index (χ1v) is 14.1. The summed E-state index contributed by atoms with van der Waals surface area (Å²) in [5.74, 6) is -0.0691. The number of hydrogen-bond acceptors (Lipinski definition) is 5. The molecule has 5 rings (SSSR count). The normalized spacial score (nSPS) is 21.9. The molecule has 7 nitrogen and oxygen atoms in total. The molecule has 1 aliphatic carbocycles. The molecule has 37 heavy (non-hydrogen) atoms. The average molecular weight is 504 g/mol. The van der Waals surface area contributed by atoms with E-state index in [1.54, 1.807) is 7.05 Å². The van der Waals surface area contributed by atoms with Crippen LogP contribution in [0.5, 0.6) is 0 Å². The van der Waals surface area contributed by atoms with E-state index in [0.717, 1.165) is 75.7 Å². The number of pyridine rings is 1. The van der Waals surface area contributed by atoms with Crippen molar-refractivity contribution in [1.82, 2.24) is 15.2 Å². The van der Waals surface area contributed by atoms with Crippen LogP contribution in [-0.2, 0) is 16.0 Å². The van der Waals surface area contributed by atoms with Crippen molar-refractivity contribution >= 4 is 23.2 Å². The van der Waals surface area contributed by atoms with E-state index in [-0.39, 0.29) is 23.8 Å². The summed E-state index contributed by atoms with van der Waals surface area (Å²) >= 11 is 0. The zero-order chi connectivity index (χ0) is 25.8. The summed E-state index contributed by atoms with van der Waals surface area (Å²) in [6, 6.07) is 10.4. The Bertz CT molecular complexity index is 1100. The monoisotopic (exact) mass is 503 g/mol. The molecule has 0 radical (unpaired) electrons. The molecule has 2 aliphatic heterocycles. The molecule has 3 unspecified atom stereocenters. The van der Waals surface area contributed by atoms with Gasteiger partial charge in [-0.25, -0.2) is 0 Å². The van der Waals surface area contributed by atoms with E-state index < -0.39 is 6.04 Å². The zero-order valence-corrected chi connectivity index (χ0v) is 22.1. The minimum Gasteiger partial charge on any atom is -0.368 e. The van der Waals surface area contributed by atoms with E-state index in [9.17, 15) is 9.59 Å². The first-order valence-electron chi connectivity index (χ1n) is 14.1. The van der Waals surface area contributed by atoms with Crippen molar-refractivity contribution in [2.45, 2.75) is 76.3 Å². The lowest BCUT2D eigenvalue weighted by Gasteiger charge is -2.36. The molecule has 3 N–H and O–H groups in total. The maximum atomic E-state index is 14.2. The van der Waals surface area contributed by atoms with Crippen molar-refractivity contribution in [2.75, 3.05) is 25.0 Å². The number of primary amides is 1. The summed E-state index contributed by atoms with van der Waals surface area (Å²) in [7, 11) is 1.76. The van der Waals surface area contributed by atoms with Gasteiger partial charge in [0.1, 0.15) is 0 Å². The Labute approximate surface area is 220 Å². The molecule has 1 saturated carbocycles. The highest BCUT2D eigenvalue weighted by Crippen LogP contribution is 2.40. The van der Waals surface area contributed by atoms with Crippen LogP contribution in [0.4, 0.5) is 11.4 Å². The molecule has 198 valence electrons. The molecule has 1 aromatic heterocycles. The van der Waals surface area contributed by atoms with Gasteiger partial charge in [0.25, 0.3) is 0 Å². The zero-order valence-electron chi connectivity index (χ0n) is 22.1. The number of aromatic nitrogens is 1. The molecule has 3 aliphatic rings. The number of nitrogens with two attached hydrogens (primary N) is 1. The number of carbonyl (C=O) groups is 2. The van der Waals surface area contributed by atoms with Crippen LogP contribution in [0.15, 0.2) is 42.7 Å². The van der Waals surface area contributed by atoms with Crippen LogP contribution in [0.25, 0.3) is 0 Å². The Kier molecular flexibility index (Phi) is 8.08. The molecule has 0 bridgehead atoms. The predicted octanol–water partition coefficient (Wildman–Crippen LogP) is 4.49. The Morgan fingerprint density at radius 2 is 1.86 bits per heavy atom. The first-order chi connectivity index (χ1) is 18.1. The van der Waals surface area contributed by atoms with Crippen LogP contribution in [0.1, 0.15) is 75.0 Å². The molecular formula is C30H41N5O2. The van der Waals surface area contributed by atoms with E-state index >= 15 is 0 Å². The van der Waals surface area contributed by atoms with E-state index in [1.807, 2.05) is 12.4 Å². The molecule has 1 aromatic carbocycles. The van der Waals surface area contributed by atoms with Crippen molar-refractivity contribution in [3.8, 4) is 0 Å². The third kappa shape index (κ3) is 5.52. The Morgan fingerprint density at radius 3 is 2.65 bits per heavy atom. The van der Waals surface area contributed by atoms with Gasteiger partial charge in [0.2, 0.25) is 11.8 Å². The lowest BCUT2D eigenvalue weighted by molar-refractivity contribution is -0.139. The third-order valence-corrected chi connectivity index (χ3v) is 8.81. The smallest absolute Gasteiger partial charge is 0.234 e. The largest absolute Gasteiger partial charge is 0.368 e. The molecule has 3 heterocycles. The van der Waals surface area contributed by atoms with Gasteiger partial charge < -0.3 is 20.9 Å². The Morgan fingerprint density at radius 1 is 1.05 bits per heavy atom. The summed E-state index contributed by atoms with van der Waals surface area (Å²) in [4.78, 5) is 35.3. The summed E-state index contributed by atoms with van der Waals surface area (Å²) in [6.45, 7) is 1.72. The summed E-state index contributed by atoms with van der Waals surface area (Å²) < 4.78 is 0. The molecule has 0 spiro atoms. The first kappa shape index (κ1) is 25.7. The second-order valence-electron chi connectivity index (χ2n) is 11.0. The van der Waals surface area contributed by atoms with Crippen LogP contribution in [0, 0.1) is 11.8 Å². The van der Waals surface area contributed by atoms with E-state index in [0.29, 0.717) is 12.3 Å². The average Bonchev–Trinajstić information content (AvgIpc) is 3.44. The van der Waals surface area contributed by atoms with Gasteiger partial charge in [-0.2, -0.15) is 0 Å². The van der Waals surface area contributed by atoms with Crippen molar-refractivity contribution in [2.24, 2.45) is 17.6 Å². The van der Waals surface area contributed by atoms with E-state index in [4.69, 9.17) is 5.73 Å². The van der Waals surface area contributed by atoms with Crippen LogP contribution in [0.2, 0.25) is 0 Å². The van der Waals surface area contributed by atoms with Gasteiger partial charge in [-0.05, 0) is 81.2 Å². The van der Waals surface area contributed by atoms with Gasteiger partial charge in [-0.1, -0.05) is 37.5 Å². The number of anilines is 2. The summed E-state index contributed by atoms with van der Waals surface area (Å²) in [6.07, 6.45) is 14.1. The van der Waals surface area contributed by atoms with Crippen LogP contribution in [0.3, 0.4) is 0 Å². The maximum Gasteiger partial charge on any atom is 0.234 e. The topological polar surface area (TPSA) is 91.6 Å². The summed E-state index contributed by atoms with van der Waals surface area (Å²) in [5, 5.41) is 3.05. The fourth-order valence-electron chi connectivity index (χ4n) is 6.83. The number of amides is 2. The number of likely N-dealkylation sites (N-methyl/N-ethyl adjacent to an activating group) is 1. The van der Waals surface area contributed by atoms with E-state index in [2.05, 4.69) is 50.4 Å². The van der Waals surface area contributed by atoms with Gasteiger partial charge in [-0.15, -0.1) is 0 Å². The fraction of sp³-hybridized carbons (Fsp3) is 0.567. The predicted molar refractivity (Wildman–Crippen MR) is 146 cm³/mol. The van der Waals surface area contributed by atoms with Gasteiger partial charge in [0, 0.05) is 30.9 Å². The molecule has 2 amide bonds. The van der Waals surface area contributed by atoms with Crippen molar-refractivity contribution in [1.29, 1.82) is 0 Å². The number of para-hydroxylation sites is 1. The number of likely N-dealkylation sites (tertiary alicyclic amines) is 1. The van der Waals surface area contributed by atoms with Crippen molar-refractivity contribution in [3.63, 3.8) is 0 Å². The molecule has 1 saturated heterocycles. The van der Waals surface area contributed by atoms with Crippen LogP contribution >= 0.6 is 0 Å². The van der Waals surface area contributed by atoms with Crippen LogP contribution in [-0.4, -0.2) is 47.9 Å². The van der Waals surface area contributed by atoms with Gasteiger partial charge in [-0.3, -0.25) is 14.6 Å².